The Morgan fingerprint density at radius 3 is 2.55 bits per heavy atom. The first-order valence-electron chi connectivity index (χ1n) is 6.57. The third-order valence-electron chi connectivity index (χ3n) is 3.18. The molecule has 3 aromatic rings. The molecule has 0 aliphatic heterocycles. The van der Waals surface area contributed by atoms with Crippen LogP contribution in [0.25, 0.3) is 22.4 Å². The van der Waals surface area contributed by atoms with Crippen molar-refractivity contribution >= 4 is 17.8 Å². The molecule has 0 spiro atoms. The van der Waals surface area contributed by atoms with Crippen molar-refractivity contribution in [1.29, 1.82) is 0 Å². The Balaban J connectivity index is 2.10. The van der Waals surface area contributed by atoms with Crippen LogP contribution in [0.4, 0.5) is 4.39 Å². The summed E-state index contributed by atoms with van der Waals surface area (Å²) in [5.74, 6) is -0.343. The second-order valence-electron chi connectivity index (χ2n) is 4.70. The Morgan fingerprint density at radius 2 is 1.82 bits per heavy atom. The van der Waals surface area contributed by atoms with Gasteiger partial charge in [0.05, 0.1) is 0 Å². The van der Waals surface area contributed by atoms with E-state index in [0.29, 0.717) is 22.0 Å². The third-order valence-corrected chi connectivity index (χ3v) is 3.43. The van der Waals surface area contributed by atoms with E-state index in [1.807, 2.05) is 18.2 Å². The zero-order valence-electron chi connectivity index (χ0n) is 11.7. The largest absolute Gasteiger partial charge is 0.294 e. The summed E-state index contributed by atoms with van der Waals surface area (Å²) in [5.41, 5.74) is 3.44. The number of nitrogens with one attached hydrogen (secondary N) is 1. The van der Waals surface area contributed by atoms with Crippen LogP contribution < -0.4 is 0 Å². The van der Waals surface area contributed by atoms with E-state index < -0.39 is 0 Å². The van der Waals surface area contributed by atoms with Crippen molar-refractivity contribution in [1.82, 2.24) is 15.4 Å². The fraction of sp³-hybridized carbons (Fsp3) is 0.0625. The van der Waals surface area contributed by atoms with Crippen molar-refractivity contribution in [2.75, 3.05) is 7.05 Å². The standard InChI is InChI=1S/C16H12ClFN4/c1-19-9-15-16(21-22-20-15)12-6-11(7-14(18)8-12)10-2-4-13(17)5-3-10/h2-9H,1H3,(H,20,21,22)/b19-9+. The maximum Gasteiger partial charge on any atom is 0.124 e. The summed E-state index contributed by atoms with van der Waals surface area (Å²) in [6, 6.07) is 12.0. The van der Waals surface area contributed by atoms with Crippen molar-refractivity contribution in [2.24, 2.45) is 4.99 Å². The Hall–Kier alpha value is -2.53. The van der Waals surface area contributed by atoms with E-state index in [-0.39, 0.29) is 5.82 Å². The molecule has 1 heterocycles. The number of aliphatic imine (C=N–C) groups is 1. The molecule has 1 N–H and O–H groups in total. The van der Waals surface area contributed by atoms with Crippen LogP contribution in [0.5, 0.6) is 0 Å². The van der Waals surface area contributed by atoms with E-state index in [1.165, 1.54) is 12.1 Å². The molecule has 4 nitrogen and oxygen atoms in total. The first kappa shape index (κ1) is 14.4. The molecule has 0 amide bonds. The van der Waals surface area contributed by atoms with Crippen molar-refractivity contribution in [3.63, 3.8) is 0 Å². The zero-order valence-corrected chi connectivity index (χ0v) is 12.5. The van der Waals surface area contributed by atoms with Gasteiger partial charge < -0.3 is 0 Å². The third kappa shape index (κ3) is 2.89. The predicted molar refractivity (Wildman–Crippen MR) is 85.7 cm³/mol. The average molecular weight is 315 g/mol. The van der Waals surface area contributed by atoms with Crippen LogP contribution in [0.1, 0.15) is 5.69 Å². The molecule has 3 rings (SSSR count). The van der Waals surface area contributed by atoms with Gasteiger partial charge in [-0.1, -0.05) is 28.9 Å². The molecule has 0 saturated heterocycles. The van der Waals surface area contributed by atoms with Gasteiger partial charge in [-0.15, -0.1) is 5.10 Å². The topological polar surface area (TPSA) is 53.9 Å². The van der Waals surface area contributed by atoms with Gasteiger partial charge in [0.15, 0.2) is 0 Å². The van der Waals surface area contributed by atoms with Crippen LogP contribution in [-0.4, -0.2) is 28.7 Å². The van der Waals surface area contributed by atoms with E-state index in [1.54, 1.807) is 25.4 Å². The molecule has 0 bridgehead atoms. The summed E-state index contributed by atoms with van der Waals surface area (Å²) in [5, 5.41) is 11.1. The monoisotopic (exact) mass is 314 g/mol. The van der Waals surface area contributed by atoms with Gasteiger partial charge >= 0.3 is 0 Å². The van der Waals surface area contributed by atoms with Gasteiger partial charge in [0, 0.05) is 23.8 Å². The van der Waals surface area contributed by atoms with Crippen LogP contribution in [0.15, 0.2) is 47.5 Å². The molecule has 0 aliphatic rings. The molecular formula is C16H12ClFN4. The molecule has 0 radical (unpaired) electrons. The quantitative estimate of drug-likeness (QED) is 0.743. The second kappa shape index (κ2) is 6.07. The summed E-state index contributed by atoms with van der Waals surface area (Å²) >= 11 is 5.89. The maximum absolute atomic E-state index is 14.0. The number of rotatable bonds is 3. The van der Waals surface area contributed by atoms with Crippen LogP contribution in [0, 0.1) is 5.82 Å². The number of hydrogen-bond donors (Lipinski definition) is 1. The number of hydrogen-bond acceptors (Lipinski definition) is 3. The average Bonchev–Trinajstić information content (AvgIpc) is 2.96. The lowest BCUT2D eigenvalue weighted by molar-refractivity contribution is 0.629. The Kier molecular flexibility index (Phi) is 3.98. The number of nitrogens with zero attached hydrogens (tertiary/aromatic N) is 3. The molecule has 1 aromatic heterocycles. The predicted octanol–water partition coefficient (Wildman–Crippen LogP) is 3.98. The minimum atomic E-state index is -0.343. The van der Waals surface area contributed by atoms with Crippen molar-refractivity contribution in [3.8, 4) is 22.4 Å². The van der Waals surface area contributed by atoms with E-state index in [4.69, 9.17) is 11.6 Å². The lowest BCUT2D eigenvalue weighted by Crippen LogP contribution is -1.90. The normalized spacial score (nSPS) is 11.2. The first-order valence-corrected chi connectivity index (χ1v) is 6.95. The molecule has 6 heteroatoms. The van der Waals surface area contributed by atoms with Gasteiger partial charge in [-0.25, -0.2) is 4.39 Å². The van der Waals surface area contributed by atoms with Gasteiger partial charge in [0.1, 0.15) is 17.2 Å². The molecule has 0 atom stereocenters. The van der Waals surface area contributed by atoms with Crippen molar-refractivity contribution < 1.29 is 4.39 Å². The molecule has 22 heavy (non-hydrogen) atoms. The molecule has 2 aromatic carbocycles. The Morgan fingerprint density at radius 1 is 1.09 bits per heavy atom. The molecule has 0 unspecified atom stereocenters. The number of halogens is 2. The highest BCUT2D eigenvalue weighted by atomic mass is 35.5. The smallest absolute Gasteiger partial charge is 0.124 e. The zero-order chi connectivity index (χ0) is 15.5. The van der Waals surface area contributed by atoms with Crippen LogP contribution >= 0.6 is 11.6 Å². The molecule has 110 valence electrons. The van der Waals surface area contributed by atoms with E-state index >= 15 is 0 Å². The summed E-state index contributed by atoms with van der Waals surface area (Å²) in [6.45, 7) is 0. The summed E-state index contributed by atoms with van der Waals surface area (Å²) < 4.78 is 14.0. The molecule has 0 saturated carbocycles. The number of benzene rings is 2. The summed E-state index contributed by atoms with van der Waals surface area (Å²) in [4.78, 5) is 3.93. The van der Waals surface area contributed by atoms with Crippen LogP contribution in [0.3, 0.4) is 0 Å². The van der Waals surface area contributed by atoms with Gasteiger partial charge in [-0.2, -0.15) is 0 Å². The highest BCUT2D eigenvalue weighted by Crippen LogP contribution is 2.28. The highest BCUT2D eigenvalue weighted by molar-refractivity contribution is 6.30. The summed E-state index contributed by atoms with van der Waals surface area (Å²) in [7, 11) is 1.65. The molecule has 0 aliphatic carbocycles. The fourth-order valence-corrected chi connectivity index (χ4v) is 2.33. The number of aromatic amines is 1. The Labute approximate surface area is 131 Å². The number of H-pyrrole nitrogens is 1. The lowest BCUT2D eigenvalue weighted by Gasteiger charge is -2.06. The van der Waals surface area contributed by atoms with Gasteiger partial charge in [-0.05, 0) is 41.5 Å². The minimum Gasteiger partial charge on any atom is -0.294 e. The fourth-order valence-electron chi connectivity index (χ4n) is 2.20. The first-order chi connectivity index (χ1) is 10.7. The lowest BCUT2D eigenvalue weighted by atomic mass is 10.0. The maximum atomic E-state index is 14.0. The summed E-state index contributed by atoms with van der Waals surface area (Å²) in [6.07, 6.45) is 1.60. The molecule has 0 fully saturated rings. The van der Waals surface area contributed by atoms with Crippen molar-refractivity contribution in [3.05, 3.63) is 59.0 Å². The molecular weight excluding hydrogens is 303 g/mol. The van der Waals surface area contributed by atoms with E-state index in [9.17, 15) is 4.39 Å². The van der Waals surface area contributed by atoms with Gasteiger partial charge in [0.25, 0.3) is 0 Å². The SMILES string of the molecule is C/N=C/c1[nH]nnc1-c1cc(F)cc(-c2ccc(Cl)cc2)c1. The second-order valence-corrected chi connectivity index (χ2v) is 5.13. The van der Waals surface area contributed by atoms with Crippen LogP contribution in [-0.2, 0) is 0 Å². The van der Waals surface area contributed by atoms with Crippen molar-refractivity contribution in [2.45, 2.75) is 0 Å². The minimum absolute atomic E-state index is 0.343. The van der Waals surface area contributed by atoms with Crippen LogP contribution in [0.2, 0.25) is 5.02 Å². The Bertz CT molecular complexity index is 824. The highest BCUT2D eigenvalue weighted by Gasteiger charge is 2.11. The van der Waals surface area contributed by atoms with E-state index in [2.05, 4.69) is 20.4 Å². The number of aromatic nitrogens is 3. The van der Waals surface area contributed by atoms with E-state index in [0.717, 1.165) is 11.1 Å². The van der Waals surface area contributed by atoms with Gasteiger partial charge in [0.2, 0.25) is 0 Å². The van der Waals surface area contributed by atoms with Gasteiger partial charge in [-0.3, -0.25) is 10.1 Å².